The number of carbonyl (C=O) groups is 1. The minimum atomic E-state index is -0.0949. The molecule has 15 heavy (non-hydrogen) atoms. The summed E-state index contributed by atoms with van der Waals surface area (Å²) in [6.45, 7) is 1.99. The molecule has 0 heterocycles. The van der Waals surface area contributed by atoms with Crippen LogP contribution in [0.5, 0.6) is 0 Å². The van der Waals surface area contributed by atoms with Crippen molar-refractivity contribution in [1.29, 1.82) is 0 Å². The fourth-order valence-corrected chi connectivity index (χ4v) is 1.55. The number of aryl methyl sites for hydroxylation is 1. The van der Waals surface area contributed by atoms with Crippen molar-refractivity contribution in [3.63, 3.8) is 0 Å². The van der Waals surface area contributed by atoms with Gasteiger partial charge in [0.1, 0.15) is 0 Å². The van der Waals surface area contributed by atoms with Crippen molar-refractivity contribution in [3.05, 3.63) is 35.9 Å². The van der Waals surface area contributed by atoms with Gasteiger partial charge < -0.3 is 5.32 Å². The summed E-state index contributed by atoms with van der Waals surface area (Å²) >= 11 is 7.33. The predicted molar refractivity (Wildman–Crippen MR) is 83.8 cm³/mol. The van der Waals surface area contributed by atoms with E-state index in [1.54, 1.807) is 0 Å². The zero-order valence-electron chi connectivity index (χ0n) is 7.85. The Kier molecular flexibility index (Phi) is 5.54. The summed E-state index contributed by atoms with van der Waals surface area (Å²) in [5, 5.41) is 2.82. The number of rotatable bonds is 2. The van der Waals surface area contributed by atoms with Gasteiger partial charge in [-0.2, -0.15) is 0 Å². The van der Waals surface area contributed by atoms with Gasteiger partial charge in [0.15, 0.2) is 0 Å². The molecule has 1 N–H and O–H groups in total. The molecule has 2 nitrogen and oxygen atoms in total. The molecule has 0 radical (unpaired) electrons. The number of anilines is 1. The zero-order valence-corrected chi connectivity index (χ0v) is 13.8. The summed E-state index contributed by atoms with van der Waals surface area (Å²) < 4.78 is 1.46. The first-order valence-electron chi connectivity index (χ1n) is 4.09. The molecule has 0 bridgehead atoms. The van der Waals surface area contributed by atoms with Gasteiger partial charge in [-0.3, -0.25) is 4.79 Å². The number of benzene rings is 1. The lowest BCUT2D eigenvalue weighted by Crippen LogP contribution is -2.11. The fraction of sp³-hybridized carbons (Fsp3) is 0.100. The number of amides is 1. The normalized spacial score (nSPS) is 12.0. The molecule has 0 saturated heterocycles. The minimum absolute atomic E-state index is 0.0949. The van der Waals surface area contributed by atoms with Crippen LogP contribution in [0.1, 0.15) is 5.56 Å². The Morgan fingerprint density at radius 1 is 1.40 bits per heavy atom. The van der Waals surface area contributed by atoms with E-state index in [1.807, 2.05) is 53.8 Å². The molecular weight excluding hydrogens is 484 g/mol. The Balaban J connectivity index is 2.80. The van der Waals surface area contributed by atoms with Crippen molar-refractivity contribution in [2.75, 3.05) is 5.32 Å². The predicted octanol–water partition coefficient (Wildman–Crippen LogP) is 4.37. The number of nitrogens with one attached hydrogen (secondary N) is 1. The summed E-state index contributed by atoms with van der Waals surface area (Å²) in [7, 11) is 0. The third-order valence-corrected chi connectivity index (χ3v) is 5.38. The molecule has 0 aliphatic heterocycles. The first kappa shape index (κ1) is 13.4. The van der Waals surface area contributed by atoms with Crippen LogP contribution in [0.15, 0.2) is 30.3 Å². The minimum Gasteiger partial charge on any atom is -0.322 e. The number of halogens is 3. The first-order chi connectivity index (χ1) is 7.00. The molecule has 1 aromatic carbocycles. The highest BCUT2D eigenvalue weighted by molar-refractivity contribution is 14.1. The Morgan fingerprint density at radius 3 is 2.60 bits per heavy atom. The van der Waals surface area contributed by atoms with Crippen LogP contribution in [-0.2, 0) is 4.79 Å². The van der Waals surface area contributed by atoms with E-state index >= 15 is 0 Å². The third kappa shape index (κ3) is 4.39. The molecule has 1 aromatic rings. The molecule has 1 rings (SSSR count). The standard InChI is InChI=1S/C10H8BrI2NO/c1-6-3-2-4-7(5-6)14-10(15)8(12)9(11)13/h2-5H,1H3,(H,14,15)/b9-8-. The van der Waals surface area contributed by atoms with E-state index < -0.39 is 0 Å². The maximum Gasteiger partial charge on any atom is 0.263 e. The summed E-state index contributed by atoms with van der Waals surface area (Å²) in [5.74, 6) is -0.0949. The van der Waals surface area contributed by atoms with Gasteiger partial charge in [-0.25, -0.2) is 0 Å². The molecule has 80 valence electrons. The Labute approximate surface area is 124 Å². The average Bonchev–Trinajstić information content (AvgIpc) is 2.16. The molecular formula is C10H8BrI2NO. The van der Waals surface area contributed by atoms with E-state index in [-0.39, 0.29) is 5.91 Å². The average molecular weight is 492 g/mol. The quantitative estimate of drug-likeness (QED) is 0.483. The number of hydrogen-bond donors (Lipinski definition) is 1. The van der Waals surface area contributed by atoms with Crippen molar-refractivity contribution in [3.8, 4) is 0 Å². The lowest BCUT2D eigenvalue weighted by atomic mass is 10.2. The van der Waals surface area contributed by atoms with Gasteiger partial charge in [-0.15, -0.1) is 0 Å². The van der Waals surface area contributed by atoms with Crippen molar-refractivity contribution in [2.24, 2.45) is 0 Å². The van der Waals surface area contributed by atoms with Crippen LogP contribution in [-0.4, -0.2) is 5.91 Å². The zero-order chi connectivity index (χ0) is 11.4. The van der Waals surface area contributed by atoms with Crippen LogP contribution in [0.3, 0.4) is 0 Å². The molecule has 0 fully saturated rings. The van der Waals surface area contributed by atoms with Gasteiger partial charge in [-0.1, -0.05) is 12.1 Å². The lowest BCUT2D eigenvalue weighted by molar-refractivity contribution is -0.112. The largest absolute Gasteiger partial charge is 0.322 e. The monoisotopic (exact) mass is 491 g/mol. The summed E-state index contributed by atoms with van der Waals surface area (Å²) in [5.41, 5.74) is 1.94. The van der Waals surface area contributed by atoms with Crippen molar-refractivity contribution in [1.82, 2.24) is 0 Å². The second kappa shape index (κ2) is 6.19. The molecule has 1 amide bonds. The second-order valence-electron chi connectivity index (χ2n) is 2.90. The van der Waals surface area contributed by atoms with Crippen molar-refractivity contribution in [2.45, 2.75) is 6.92 Å². The Morgan fingerprint density at radius 2 is 2.07 bits per heavy atom. The maximum absolute atomic E-state index is 11.7. The highest BCUT2D eigenvalue weighted by atomic mass is 127. The molecule has 0 atom stereocenters. The molecule has 0 aliphatic carbocycles. The van der Waals surface area contributed by atoms with Gasteiger partial charge in [0.25, 0.3) is 5.91 Å². The van der Waals surface area contributed by atoms with E-state index in [0.29, 0.717) is 3.58 Å². The summed E-state index contributed by atoms with van der Waals surface area (Å²) in [6.07, 6.45) is 0. The fourth-order valence-electron chi connectivity index (χ4n) is 0.995. The van der Waals surface area contributed by atoms with E-state index in [2.05, 4.69) is 43.8 Å². The van der Waals surface area contributed by atoms with Crippen molar-refractivity contribution < 1.29 is 4.79 Å². The molecule has 0 spiro atoms. The molecule has 0 unspecified atom stereocenters. The van der Waals surface area contributed by atoms with Crippen LogP contribution in [0, 0.1) is 6.92 Å². The van der Waals surface area contributed by atoms with Gasteiger partial charge >= 0.3 is 0 Å². The van der Waals surface area contributed by atoms with Crippen LogP contribution in [0.2, 0.25) is 0 Å². The van der Waals surface area contributed by atoms with Gasteiger partial charge in [0, 0.05) is 5.69 Å². The van der Waals surface area contributed by atoms with E-state index in [0.717, 1.165) is 13.7 Å². The maximum atomic E-state index is 11.7. The third-order valence-electron chi connectivity index (χ3n) is 1.64. The molecule has 5 heteroatoms. The Hall–Kier alpha value is 0.370. The van der Waals surface area contributed by atoms with Crippen LogP contribution >= 0.6 is 61.1 Å². The van der Waals surface area contributed by atoms with Gasteiger partial charge in [0.2, 0.25) is 0 Å². The van der Waals surface area contributed by atoms with Crippen LogP contribution in [0.4, 0.5) is 5.69 Å². The highest BCUT2D eigenvalue weighted by Crippen LogP contribution is 2.25. The molecule has 0 aliphatic rings. The smallest absolute Gasteiger partial charge is 0.263 e. The first-order valence-corrected chi connectivity index (χ1v) is 7.04. The lowest BCUT2D eigenvalue weighted by Gasteiger charge is -2.05. The second-order valence-corrected chi connectivity index (χ2v) is 7.33. The van der Waals surface area contributed by atoms with Gasteiger partial charge in [0.05, 0.1) is 6.07 Å². The number of carbonyl (C=O) groups excluding carboxylic acids is 1. The summed E-state index contributed by atoms with van der Waals surface area (Å²) in [4.78, 5) is 11.7. The Bertz CT molecular complexity index is 414. The van der Waals surface area contributed by atoms with E-state index in [1.165, 1.54) is 0 Å². The summed E-state index contributed by atoms with van der Waals surface area (Å²) in [6, 6.07) is 7.71. The van der Waals surface area contributed by atoms with E-state index in [9.17, 15) is 4.79 Å². The highest BCUT2D eigenvalue weighted by Gasteiger charge is 2.09. The topological polar surface area (TPSA) is 29.1 Å². The van der Waals surface area contributed by atoms with Crippen LogP contribution < -0.4 is 5.32 Å². The SMILES string of the molecule is Cc1cccc(NC(=O)/C(I)=C(\Br)I)c1. The van der Waals surface area contributed by atoms with Gasteiger partial charge in [-0.05, 0) is 85.7 Å². The molecule has 0 saturated carbocycles. The number of hydrogen-bond acceptors (Lipinski definition) is 1. The molecule has 0 aromatic heterocycles. The van der Waals surface area contributed by atoms with Crippen molar-refractivity contribution >= 4 is 72.7 Å². The van der Waals surface area contributed by atoms with Crippen LogP contribution in [0.25, 0.3) is 0 Å². The van der Waals surface area contributed by atoms with E-state index in [4.69, 9.17) is 0 Å².